The molecule has 9 heteroatoms. The van der Waals surface area contributed by atoms with Gasteiger partial charge < -0.3 is 14.8 Å². The SMILES string of the molecule is [2H][C@@]1(C(=O)OCCCCC(=O)OCC)C[C@H]2C[C@@H](CCc3nn[nH]n3)CC[C@H]2CN1. The van der Waals surface area contributed by atoms with E-state index >= 15 is 0 Å². The first-order valence-corrected chi connectivity index (χ1v) is 10.8. The zero-order valence-corrected chi connectivity index (χ0v) is 17.2. The number of carbonyl (C=O) groups excluding carboxylic acids is 2. The summed E-state index contributed by atoms with van der Waals surface area (Å²) in [7, 11) is 0. The lowest BCUT2D eigenvalue weighted by Gasteiger charge is -2.42. The summed E-state index contributed by atoms with van der Waals surface area (Å²) in [6.45, 7) is 3.06. The molecule has 1 saturated heterocycles. The minimum absolute atomic E-state index is 0.224. The van der Waals surface area contributed by atoms with Crippen molar-refractivity contribution in [3.05, 3.63) is 5.82 Å². The highest BCUT2D eigenvalue weighted by Gasteiger charge is 2.38. The maximum atomic E-state index is 12.6. The minimum Gasteiger partial charge on any atom is -0.466 e. The molecule has 0 spiro atoms. The second-order valence-electron chi connectivity index (χ2n) is 8.03. The first-order chi connectivity index (χ1) is 14.5. The summed E-state index contributed by atoms with van der Waals surface area (Å²) >= 11 is 0. The summed E-state index contributed by atoms with van der Waals surface area (Å²) in [5.74, 6) is 1.43. The van der Waals surface area contributed by atoms with E-state index in [1.54, 1.807) is 6.92 Å². The Morgan fingerprint density at radius 2 is 2.10 bits per heavy atom. The quantitative estimate of drug-likeness (QED) is 0.444. The Hall–Kier alpha value is -2.03. The van der Waals surface area contributed by atoms with E-state index in [9.17, 15) is 9.59 Å². The largest absolute Gasteiger partial charge is 0.466 e. The molecule has 0 bridgehead atoms. The minimum atomic E-state index is -1.38. The van der Waals surface area contributed by atoms with Crippen LogP contribution in [0, 0.1) is 17.8 Å². The van der Waals surface area contributed by atoms with Crippen molar-refractivity contribution in [2.45, 2.75) is 70.7 Å². The molecule has 0 unspecified atom stereocenters. The smallest absolute Gasteiger partial charge is 0.323 e. The standard InChI is InChI=1S/C20H33N5O4/c1-2-28-19(26)5-3-4-10-29-20(27)17-12-16-11-14(6-8-15(16)13-21-17)7-9-18-22-24-25-23-18/h14-17,21H,2-13H2,1H3,(H,22,23,24,25)/t14-,15+,16-,17+/m1/s1/i17D. The second-order valence-corrected chi connectivity index (χ2v) is 8.03. The van der Waals surface area contributed by atoms with Crippen LogP contribution < -0.4 is 5.32 Å². The van der Waals surface area contributed by atoms with E-state index in [4.69, 9.17) is 10.8 Å². The molecule has 2 fully saturated rings. The number of hydrogen-bond acceptors (Lipinski definition) is 8. The highest BCUT2D eigenvalue weighted by Crippen LogP contribution is 2.40. The number of rotatable bonds is 10. The highest BCUT2D eigenvalue weighted by molar-refractivity contribution is 5.76. The fourth-order valence-corrected chi connectivity index (χ4v) is 4.43. The summed E-state index contributed by atoms with van der Waals surface area (Å²) in [5.41, 5.74) is 0. The Bertz CT molecular complexity index is 689. The third-order valence-electron chi connectivity index (χ3n) is 6.02. The monoisotopic (exact) mass is 408 g/mol. The Morgan fingerprint density at radius 3 is 2.90 bits per heavy atom. The van der Waals surface area contributed by atoms with Crippen molar-refractivity contribution in [2.24, 2.45) is 17.8 Å². The molecular weight excluding hydrogens is 374 g/mol. The summed E-state index contributed by atoms with van der Waals surface area (Å²) in [4.78, 5) is 23.9. The summed E-state index contributed by atoms with van der Waals surface area (Å²) in [6.07, 6.45) is 7.12. The van der Waals surface area contributed by atoms with E-state index in [1.807, 2.05) is 0 Å². The lowest BCUT2D eigenvalue weighted by Crippen LogP contribution is -2.50. The van der Waals surface area contributed by atoms with Gasteiger partial charge in [-0.3, -0.25) is 9.59 Å². The Labute approximate surface area is 173 Å². The van der Waals surface area contributed by atoms with Gasteiger partial charge >= 0.3 is 11.9 Å². The third-order valence-corrected chi connectivity index (χ3v) is 6.02. The molecule has 2 aliphatic rings. The molecule has 0 amide bonds. The first kappa shape index (κ1) is 20.3. The molecule has 0 aromatic carbocycles. The predicted octanol–water partition coefficient (Wildman–Crippen LogP) is 1.80. The number of esters is 2. The van der Waals surface area contributed by atoms with Crippen LogP contribution in [0.1, 0.15) is 65.5 Å². The molecule has 1 aromatic rings. The number of tetrazole rings is 1. The van der Waals surface area contributed by atoms with Crippen LogP contribution in [0.2, 0.25) is 0 Å². The number of piperidine rings is 1. The van der Waals surface area contributed by atoms with E-state index in [0.717, 1.165) is 37.9 Å². The van der Waals surface area contributed by atoms with Crippen molar-refractivity contribution in [2.75, 3.05) is 19.8 Å². The normalized spacial score (nSPS) is 29.6. The van der Waals surface area contributed by atoms with Gasteiger partial charge in [0.1, 0.15) is 6.02 Å². The second kappa shape index (κ2) is 11.2. The molecule has 3 rings (SSSR count). The molecule has 9 nitrogen and oxygen atoms in total. The van der Waals surface area contributed by atoms with E-state index in [0.29, 0.717) is 56.6 Å². The van der Waals surface area contributed by atoms with Crippen LogP contribution in [-0.2, 0) is 25.5 Å². The first-order valence-electron chi connectivity index (χ1n) is 11.3. The molecule has 1 saturated carbocycles. The molecule has 2 heterocycles. The van der Waals surface area contributed by atoms with Gasteiger partial charge in [0.15, 0.2) is 5.82 Å². The van der Waals surface area contributed by atoms with Crippen LogP contribution in [0.3, 0.4) is 0 Å². The predicted molar refractivity (Wildman–Crippen MR) is 105 cm³/mol. The topological polar surface area (TPSA) is 119 Å². The van der Waals surface area contributed by atoms with Crippen molar-refractivity contribution in [3.63, 3.8) is 0 Å². The van der Waals surface area contributed by atoms with Crippen LogP contribution >= 0.6 is 0 Å². The number of ether oxygens (including phenoxy) is 2. The Balaban J connectivity index is 1.40. The molecular formula is C20H33N5O4. The molecule has 1 aromatic heterocycles. The van der Waals surface area contributed by atoms with Crippen molar-refractivity contribution < 1.29 is 20.4 Å². The van der Waals surface area contributed by atoms with Gasteiger partial charge in [-0.05, 0) is 69.7 Å². The molecule has 2 N–H and O–H groups in total. The zero-order valence-electron chi connectivity index (χ0n) is 18.2. The molecule has 29 heavy (non-hydrogen) atoms. The van der Waals surface area contributed by atoms with E-state index in [2.05, 4.69) is 25.9 Å². The van der Waals surface area contributed by atoms with Gasteiger partial charge in [-0.15, -0.1) is 10.2 Å². The fourth-order valence-electron chi connectivity index (χ4n) is 4.43. The van der Waals surface area contributed by atoms with Crippen LogP contribution in [0.25, 0.3) is 0 Å². The van der Waals surface area contributed by atoms with E-state index in [1.165, 1.54) is 0 Å². The number of aromatic nitrogens is 4. The lowest BCUT2D eigenvalue weighted by molar-refractivity contribution is -0.148. The van der Waals surface area contributed by atoms with Crippen LogP contribution in [0.4, 0.5) is 0 Å². The van der Waals surface area contributed by atoms with Gasteiger partial charge in [-0.1, -0.05) is 11.6 Å². The number of unbranched alkanes of at least 4 members (excludes halogenated alkanes) is 1. The van der Waals surface area contributed by atoms with Gasteiger partial charge in [0.25, 0.3) is 0 Å². The molecule has 1 aliphatic heterocycles. The highest BCUT2D eigenvalue weighted by atomic mass is 16.5. The Morgan fingerprint density at radius 1 is 1.21 bits per heavy atom. The third kappa shape index (κ3) is 6.76. The van der Waals surface area contributed by atoms with Crippen molar-refractivity contribution in [1.82, 2.24) is 25.9 Å². The maximum absolute atomic E-state index is 12.6. The van der Waals surface area contributed by atoms with Crippen molar-refractivity contribution in [1.29, 1.82) is 0 Å². The van der Waals surface area contributed by atoms with Gasteiger partial charge in [0, 0.05) is 12.8 Å². The fraction of sp³-hybridized carbons (Fsp3) is 0.850. The number of aryl methyl sites for hydroxylation is 1. The average Bonchev–Trinajstić information content (AvgIpc) is 3.25. The van der Waals surface area contributed by atoms with Crippen LogP contribution in [0.5, 0.6) is 0 Å². The van der Waals surface area contributed by atoms with Gasteiger partial charge in [0.05, 0.1) is 14.6 Å². The molecule has 162 valence electrons. The summed E-state index contributed by atoms with van der Waals surface area (Å²) in [6, 6.07) is -1.38. The zero-order chi connectivity index (χ0) is 21.4. The number of hydrogen-bond donors (Lipinski definition) is 2. The number of fused-ring (bicyclic) bond motifs is 1. The van der Waals surface area contributed by atoms with Crippen LogP contribution in [0.15, 0.2) is 0 Å². The summed E-state index contributed by atoms with van der Waals surface area (Å²) < 4.78 is 18.9. The number of carbonyl (C=O) groups is 2. The van der Waals surface area contributed by atoms with Crippen molar-refractivity contribution in [3.8, 4) is 0 Å². The Kier molecular flexibility index (Phi) is 7.84. The lowest BCUT2D eigenvalue weighted by atomic mass is 9.69. The van der Waals surface area contributed by atoms with E-state index in [-0.39, 0.29) is 12.6 Å². The maximum Gasteiger partial charge on any atom is 0.323 e. The van der Waals surface area contributed by atoms with Crippen LogP contribution in [-0.4, -0.2) is 58.3 Å². The molecule has 0 radical (unpaired) electrons. The molecule has 1 aliphatic carbocycles. The number of nitrogens with one attached hydrogen (secondary N) is 2. The van der Waals surface area contributed by atoms with E-state index < -0.39 is 12.0 Å². The van der Waals surface area contributed by atoms with Gasteiger partial charge in [-0.25, -0.2) is 0 Å². The van der Waals surface area contributed by atoms with Crippen molar-refractivity contribution >= 4 is 11.9 Å². The van der Waals surface area contributed by atoms with Gasteiger partial charge in [-0.2, -0.15) is 5.21 Å². The summed E-state index contributed by atoms with van der Waals surface area (Å²) in [5, 5.41) is 17.2. The van der Waals surface area contributed by atoms with Gasteiger partial charge in [0.2, 0.25) is 0 Å². The number of H-pyrrole nitrogens is 1. The number of aromatic amines is 1. The average molecular weight is 409 g/mol. The number of nitrogens with zero attached hydrogens (tertiary/aromatic N) is 3. The molecule has 4 atom stereocenters.